The van der Waals surface area contributed by atoms with Gasteiger partial charge in [0.1, 0.15) is 23.1 Å². The van der Waals surface area contributed by atoms with Gasteiger partial charge in [0, 0.05) is 48.6 Å². The molecule has 49 heavy (non-hydrogen) atoms. The molecule has 6 rings (SSSR count). The third kappa shape index (κ3) is 7.95. The molecule has 15 heteroatoms. The Morgan fingerprint density at radius 2 is 1.92 bits per heavy atom. The minimum atomic E-state index is -0.654. The molecule has 4 bridgehead atoms. The summed E-state index contributed by atoms with van der Waals surface area (Å²) in [4.78, 5) is 65.3. The third-order valence-electron chi connectivity index (χ3n) is 8.14. The number of nitrogens with one attached hydrogen (secondary N) is 2. The summed E-state index contributed by atoms with van der Waals surface area (Å²) in [5, 5.41) is 7.55. The van der Waals surface area contributed by atoms with Gasteiger partial charge in [-0.05, 0) is 42.3 Å². The second-order valence-corrected chi connectivity index (χ2v) is 12.5. The van der Waals surface area contributed by atoms with Crippen LogP contribution in [0, 0.1) is 5.82 Å². The molecule has 13 nitrogen and oxygen atoms in total. The van der Waals surface area contributed by atoms with E-state index < -0.39 is 35.7 Å². The summed E-state index contributed by atoms with van der Waals surface area (Å²) >= 11 is 1.40. The molecule has 2 atom stereocenters. The van der Waals surface area contributed by atoms with E-state index in [9.17, 15) is 23.6 Å². The smallest absolute Gasteiger partial charge is 0.276 e. The Kier molecular flexibility index (Phi) is 10.3. The van der Waals surface area contributed by atoms with Gasteiger partial charge in [0.05, 0.1) is 43.0 Å². The number of carbonyl (C=O) groups excluding carboxylic acids is 4. The molecule has 0 radical (unpaired) electrons. The molecule has 2 N–H and O–H groups in total. The monoisotopic (exact) mass is 690 g/mol. The molecular formula is C34H35FN6O7S. The standard InChI is InChI=1S/C34H35FN6O7S/c1-3-5-40-15-30(42)39-27-13-41(34(45)31-28(4-2)47-18-37-31)14-29(27)46-16-20-6-23(35)11-25(7-20)48-26-9-21(8-22(10-26)33(40)44)32(43)36-12-24-17-49-19-38-24/h6-11,17-19,27,29H,3-5,12-16H2,1-2H3,(H,36,43)(H,39,42)/t27-,29-/m1/s1. The van der Waals surface area contributed by atoms with Crippen molar-refractivity contribution in [2.75, 3.05) is 26.2 Å². The Bertz CT molecular complexity index is 1850. The molecule has 0 aliphatic carbocycles. The van der Waals surface area contributed by atoms with E-state index in [4.69, 9.17) is 13.9 Å². The summed E-state index contributed by atoms with van der Waals surface area (Å²) in [7, 11) is 0. The average Bonchev–Trinajstić information content (AvgIpc) is 3.86. The number of nitrogens with zero attached hydrogens (tertiary/aromatic N) is 4. The number of fused-ring (bicyclic) bond motifs is 5. The van der Waals surface area contributed by atoms with Crippen LogP contribution in [0.25, 0.3) is 0 Å². The van der Waals surface area contributed by atoms with Gasteiger partial charge in [-0.25, -0.2) is 14.4 Å². The summed E-state index contributed by atoms with van der Waals surface area (Å²) in [5.74, 6) is -1.69. The third-order valence-corrected chi connectivity index (χ3v) is 8.77. The van der Waals surface area contributed by atoms with Crippen LogP contribution in [0.2, 0.25) is 0 Å². The van der Waals surface area contributed by atoms with E-state index in [-0.39, 0.29) is 73.6 Å². The summed E-state index contributed by atoms with van der Waals surface area (Å²) < 4.78 is 32.5. The highest BCUT2D eigenvalue weighted by Crippen LogP contribution is 2.28. The number of oxazole rings is 1. The van der Waals surface area contributed by atoms with E-state index in [0.29, 0.717) is 29.9 Å². The molecule has 0 spiro atoms. The number of thiazole rings is 1. The molecule has 4 heterocycles. The normalized spacial score (nSPS) is 18.1. The van der Waals surface area contributed by atoms with Crippen molar-refractivity contribution >= 4 is 35.0 Å². The molecule has 4 amide bonds. The minimum absolute atomic E-state index is 0.0535. The van der Waals surface area contributed by atoms with Crippen molar-refractivity contribution in [1.29, 1.82) is 0 Å². The lowest BCUT2D eigenvalue weighted by molar-refractivity contribution is -0.123. The van der Waals surface area contributed by atoms with Crippen LogP contribution in [0.3, 0.4) is 0 Å². The highest BCUT2D eigenvalue weighted by Gasteiger charge is 2.39. The number of likely N-dealkylation sites (tertiary alicyclic amines) is 1. The first-order valence-electron chi connectivity index (χ1n) is 15.9. The van der Waals surface area contributed by atoms with Gasteiger partial charge < -0.3 is 34.3 Å². The number of amides is 4. The molecular weight excluding hydrogens is 655 g/mol. The van der Waals surface area contributed by atoms with E-state index in [2.05, 4.69) is 20.6 Å². The van der Waals surface area contributed by atoms with E-state index in [1.807, 2.05) is 19.2 Å². The zero-order valence-corrected chi connectivity index (χ0v) is 27.8. The number of hydrogen-bond acceptors (Lipinski definition) is 10. The molecule has 2 aromatic carbocycles. The fraction of sp³-hybridized carbons (Fsp3) is 0.353. The Hall–Kier alpha value is -5.15. The topological polar surface area (TPSA) is 156 Å². The highest BCUT2D eigenvalue weighted by molar-refractivity contribution is 7.07. The summed E-state index contributed by atoms with van der Waals surface area (Å²) in [6.45, 7) is 4.06. The van der Waals surface area contributed by atoms with Crippen molar-refractivity contribution in [3.05, 3.63) is 93.3 Å². The largest absolute Gasteiger partial charge is 0.457 e. The van der Waals surface area contributed by atoms with Crippen molar-refractivity contribution in [3.63, 3.8) is 0 Å². The fourth-order valence-corrected chi connectivity index (χ4v) is 6.39. The molecule has 256 valence electrons. The van der Waals surface area contributed by atoms with Crippen LogP contribution in [0.5, 0.6) is 11.5 Å². The molecule has 4 aromatic rings. The first kappa shape index (κ1) is 33.7. The lowest BCUT2D eigenvalue weighted by Crippen LogP contribution is -2.49. The average molecular weight is 691 g/mol. The van der Waals surface area contributed by atoms with E-state index >= 15 is 0 Å². The molecule has 0 unspecified atom stereocenters. The highest BCUT2D eigenvalue weighted by atomic mass is 32.1. The number of benzene rings is 2. The Labute approximate surface area is 285 Å². The first-order chi connectivity index (χ1) is 23.7. The molecule has 0 saturated carbocycles. The van der Waals surface area contributed by atoms with Crippen molar-refractivity contribution < 1.29 is 37.5 Å². The van der Waals surface area contributed by atoms with Crippen LogP contribution in [-0.2, 0) is 29.1 Å². The second-order valence-electron chi connectivity index (χ2n) is 11.7. The number of aryl methyl sites for hydroxylation is 1. The van der Waals surface area contributed by atoms with E-state index in [1.54, 1.807) is 11.6 Å². The van der Waals surface area contributed by atoms with Gasteiger partial charge in [0.2, 0.25) is 5.91 Å². The van der Waals surface area contributed by atoms with Crippen LogP contribution in [0.1, 0.15) is 68.5 Å². The van der Waals surface area contributed by atoms with Gasteiger partial charge in [0.25, 0.3) is 17.7 Å². The number of halogens is 1. The molecule has 2 aliphatic rings. The quantitative estimate of drug-likeness (QED) is 0.293. The molecule has 1 fully saturated rings. The molecule has 2 aliphatic heterocycles. The van der Waals surface area contributed by atoms with Crippen molar-refractivity contribution in [1.82, 2.24) is 30.4 Å². The Balaban J connectivity index is 1.32. The zero-order chi connectivity index (χ0) is 34.5. The van der Waals surface area contributed by atoms with Crippen molar-refractivity contribution in [2.45, 2.75) is 52.0 Å². The maximum Gasteiger partial charge on any atom is 0.276 e. The van der Waals surface area contributed by atoms with Crippen LogP contribution in [0.15, 0.2) is 58.1 Å². The number of ether oxygens (including phenoxy) is 2. The van der Waals surface area contributed by atoms with E-state index in [0.717, 1.165) is 0 Å². The van der Waals surface area contributed by atoms with Crippen LogP contribution in [0.4, 0.5) is 4.39 Å². The van der Waals surface area contributed by atoms with Crippen molar-refractivity contribution in [2.24, 2.45) is 0 Å². The van der Waals surface area contributed by atoms with Gasteiger partial charge >= 0.3 is 0 Å². The second kappa shape index (κ2) is 15.0. The summed E-state index contributed by atoms with van der Waals surface area (Å²) in [6.07, 6.45) is 1.59. The number of hydrogen-bond donors (Lipinski definition) is 2. The maximum atomic E-state index is 14.9. The van der Waals surface area contributed by atoms with Gasteiger partial charge in [0.15, 0.2) is 12.1 Å². The number of carbonyl (C=O) groups is 4. The first-order valence-corrected chi connectivity index (χ1v) is 16.8. The van der Waals surface area contributed by atoms with Crippen LogP contribution < -0.4 is 15.4 Å². The molecule has 2 aromatic heterocycles. The van der Waals surface area contributed by atoms with Gasteiger partial charge in [-0.2, -0.15) is 0 Å². The van der Waals surface area contributed by atoms with Gasteiger partial charge in [-0.15, -0.1) is 11.3 Å². The summed E-state index contributed by atoms with van der Waals surface area (Å²) in [5.41, 5.74) is 3.21. The van der Waals surface area contributed by atoms with Crippen molar-refractivity contribution in [3.8, 4) is 11.5 Å². The van der Waals surface area contributed by atoms with Crippen LogP contribution >= 0.6 is 11.3 Å². The molecule has 1 saturated heterocycles. The summed E-state index contributed by atoms with van der Waals surface area (Å²) in [6, 6.07) is 7.79. The lowest BCUT2D eigenvalue weighted by atomic mass is 10.1. The van der Waals surface area contributed by atoms with Gasteiger partial charge in [-0.1, -0.05) is 13.8 Å². The minimum Gasteiger partial charge on any atom is -0.457 e. The van der Waals surface area contributed by atoms with Gasteiger partial charge in [-0.3, -0.25) is 19.2 Å². The number of aromatic nitrogens is 2. The predicted molar refractivity (Wildman–Crippen MR) is 175 cm³/mol. The van der Waals surface area contributed by atoms with E-state index in [1.165, 1.54) is 57.9 Å². The SMILES string of the molecule is CCCN1CC(=O)N[C@@H]2CN(C(=O)c3ncoc3CC)C[C@H]2OCc2cc(F)cc(c2)Oc2cc(C(=O)NCc3cscn3)cc(c2)C1=O. The predicted octanol–water partition coefficient (Wildman–Crippen LogP) is 3.95. The Morgan fingerprint density at radius 3 is 2.69 bits per heavy atom. The Morgan fingerprint density at radius 1 is 1.08 bits per heavy atom. The fourth-order valence-electron chi connectivity index (χ4n) is 5.84. The lowest BCUT2D eigenvalue weighted by Gasteiger charge is -2.25. The maximum absolute atomic E-state index is 14.9. The van der Waals surface area contributed by atoms with Crippen LogP contribution in [-0.4, -0.2) is 81.7 Å². The number of rotatable bonds is 7. The zero-order valence-electron chi connectivity index (χ0n) is 26.9.